The Kier molecular flexibility index (Phi) is 8.01. The number of anilines is 1. The highest BCUT2D eigenvalue weighted by Crippen LogP contribution is 2.40. The molecule has 6 heteroatoms. The quantitative estimate of drug-likeness (QED) is 0.519. The van der Waals surface area contributed by atoms with Crippen LogP contribution >= 0.6 is 11.3 Å². The van der Waals surface area contributed by atoms with Crippen LogP contribution in [0.4, 0.5) is 5.00 Å². The first-order valence-electron chi connectivity index (χ1n) is 11.9. The number of thiophene rings is 1. The Morgan fingerprint density at radius 2 is 1.91 bits per heavy atom. The molecule has 0 bridgehead atoms. The number of benzene rings is 1. The second-order valence-electron chi connectivity index (χ2n) is 10.3. The summed E-state index contributed by atoms with van der Waals surface area (Å²) in [5.74, 6) is 0.144. The van der Waals surface area contributed by atoms with Gasteiger partial charge in [0.2, 0.25) is 5.91 Å². The molecule has 33 heavy (non-hydrogen) atoms. The minimum atomic E-state index is -0.347. The Morgan fingerprint density at radius 1 is 1.24 bits per heavy atom. The number of fused-ring (bicyclic) bond motifs is 1. The summed E-state index contributed by atoms with van der Waals surface area (Å²) in [6, 6.07) is 8.25. The summed E-state index contributed by atoms with van der Waals surface area (Å²) in [5.41, 5.74) is 4.20. The Balaban J connectivity index is 1.73. The lowest BCUT2D eigenvalue weighted by molar-refractivity contribution is -0.120. The van der Waals surface area contributed by atoms with Crippen LogP contribution in [0, 0.1) is 5.92 Å². The van der Waals surface area contributed by atoms with E-state index in [2.05, 4.69) is 57.3 Å². The first kappa shape index (κ1) is 25.4. The van der Waals surface area contributed by atoms with Gasteiger partial charge >= 0.3 is 5.97 Å². The van der Waals surface area contributed by atoms with Crippen LogP contribution in [-0.4, -0.2) is 36.5 Å². The molecule has 0 saturated heterocycles. The molecule has 1 aromatic carbocycles. The van der Waals surface area contributed by atoms with Gasteiger partial charge in [0.25, 0.3) is 0 Å². The maximum absolute atomic E-state index is 13.1. The van der Waals surface area contributed by atoms with Gasteiger partial charge in [-0.15, -0.1) is 11.3 Å². The van der Waals surface area contributed by atoms with Crippen molar-refractivity contribution in [2.75, 3.05) is 19.0 Å². The number of ether oxygens (including phenoxy) is 1. The van der Waals surface area contributed by atoms with Crippen molar-refractivity contribution in [3.8, 4) is 0 Å². The smallest absolute Gasteiger partial charge is 0.341 e. The molecule has 0 saturated carbocycles. The van der Waals surface area contributed by atoms with Gasteiger partial charge in [-0.3, -0.25) is 9.69 Å². The van der Waals surface area contributed by atoms with E-state index in [1.54, 1.807) is 0 Å². The Labute approximate surface area is 202 Å². The molecule has 0 spiro atoms. The number of amides is 1. The van der Waals surface area contributed by atoms with Gasteiger partial charge in [-0.25, -0.2) is 4.79 Å². The lowest BCUT2D eigenvalue weighted by atomic mass is 9.87. The van der Waals surface area contributed by atoms with Crippen molar-refractivity contribution in [3.05, 3.63) is 51.4 Å². The van der Waals surface area contributed by atoms with E-state index in [9.17, 15) is 9.59 Å². The van der Waals surface area contributed by atoms with Gasteiger partial charge < -0.3 is 10.1 Å². The highest BCUT2D eigenvalue weighted by Gasteiger charge is 2.30. The molecule has 1 aliphatic carbocycles. The second-order valence-corrected chi connectivity index (χ2v) is 11.4. The molecule has 1 N–H and O–H groups in total. The van der Waals surface area contributed by atoms with Gasteiger partial charge in [0.1, 0.15) is 5.00 Å². The first-order chi connectivity index (χ1) is 15.5. The fraction of sp³-hybridized carbons (Fsp3) is 0.556. The van der Waals surface area contributed by atoms with E-state index < -0.39 is 0 Å². The van der Waals surface area contributed by atoms with Crippen LogP contribution in [0.2, 0.25) is 0 Å². The molecule has 0 aliphatic heterocycles. The molecule has 1 heterocycles. The summed E-state index contributed by atoms with van der Waals surface area (Å²) < 4.78 is 5.33. The predicted molar refractivity (Wildman–Crippen MR) is 136 cm³/mol. The molecule has 2 atom stereocenters. The van der Waals surface area contributed by atoms with Gasteiger partial charge in [0, 0.05) is 11.4 Å². The number of nitrogens with zero attached hydrogens (tertiary/aromatic N) is 1. The number of rotatable bonds is 7. The van der Waals surface area contributed by atoms with Gasteiger partial charge in [-0.1, -0.05) is 52.0 Å². The lowest BCUT2D eigenvalue weighted by Crippen LogP contribution is -2.39. The molecule has 0 radical (unpaired) electrons. The standard InChI is InChI=1S/C27H38N2O3S/c1-8-32-26(31)23-21-14-9-17(2)15-22(21)33-25(23)28-24(30)18(3)29(7)16-19-10-12-20(13-11-19)27(4,5)6/h10-13,17-18H,8-9,14-16H2,1-7H3,(H,28,30)/t17-,18-/m0/s1. The minimum absolute atomic E-state index is 0.110. The SMILES string of the molecule is CCOC(=O)c1c(NC(=O)[C@H](C)N(C)Cc2ccc(C(C)(C)C)cc2)sc2c1CC[C@H](C)C2. The fourth-order valence-corrected chi connectivity index (χ4v) is 5.61. The van der Waals surface area contributed by atoms with Crippen molar-refractivity contribution >= 4 is 28.2 Å². The van der Waals surface area contributed by atoms with Crippen LogP contribution in [0.25, 0.3) is 0 Å². The van der Waals surface area contributed by atoms with Gasteiger partial charge in [-0.2, -0.15) is 0 Å². The minimum Gasteiger partial charge on any atom is -0.462 e. The van der Waals surface area contributed by atoms with E-state index in [1.807, 2.05) is 25.8 Å². The second kappa shape index (κ2) is 10.4. The summed E-state index contributed by atoms with van der Waals surface area (Å²) in [5, 5.41) is 3.69. The zero-order valence-corrected chi connectivity index (χ0v) is 21.9. The average molecular weight is 471 g/mol. The van der Waals surface area contributed by atoms with E-state index in [0.29, 0.717) is 29.6 Å². The molecule has 0 unspecified atom stereocenters. The monoisotopic (exact) mass is 470 g/mol. The molecular weight excluding hydrogens is 432 g/mol. The van der Waals surface area contributed by atoms with Gasteiger partial charge in [0.15, 0.2) is 0 Å². The maximum Gasteiger partial charge on any atom is 0.341 e. The van der Waals surface area contributed by atoms with Crippen LogP contribution in [0.15, 0.2) is 24.3 Å². The summed E-state index contributed by atoms with van der Waals surface area (Å²) in [7, 11) is 1.95. The molecule has 1 aromatic heterocycles. The van der Waals surface area contributed by atoms with E-state index in [-0.39, 0.29) is 23.3 Å². The third-order valence-corrected chi connectivity index (χ3v) is 7.69. The number of hydrogen-bond donors (Lipinski definition) is 1. The number of carbonyl (C=O) groups excluding carboxylic acids is 2. The first-order valence-corrected chi connectivity index (χ1v) is 12.7. The van der Waals surface area contributed by atoms with Crippen molar-refractivity contribution in [2.24, 2.45) is 5.92 Å². The molecule has 2 aromatic rings. The van der Waals surface area contributed by atoms with Crippen molar-refractivity contribution < 1.29 is 14.3 Å². The van der Waals surface area contributed by atoms with Crippen molar-refractivity contribution in [2.45, 2.75) is 78.8 Å². The summed E-state index contributed by atoms with van der Waals surface area (Å²) in [6.07, 6.45) is 2.86. The van der Waals surface area contributed by atoms with Gasteiger partial charge in [-0.05, 0) is 68.2 Å². The van der Waals surface area contributed by atoms with E-state index in [1.165, 1.54) is 21.8 Å². The predicted octanol–water partition coefficient (Wildman–Crippen LogP) is 5.81. The van der Waals surface area contributed by atoms with Gasteiger partial charge in [0.05, 0.1) is 18.2 Å². The van der Waals surface area contributed by atoms with Crippen LogP contribution in [-0.2, 0) is 34.3 Å². The number of nitrogens with one attached hydrogen (secondary N) is 1. The number of esters is 1. The molecule has 0 fully saturated rings. The van der Waals surface area contributed by atoms with E-state index in [4.69, 9.17) is 4.74 Å². The normalized spacial score (nSPS) is 16.9. The van der Waals surface area contributed by atoms with Crippen molar-refractivity contribution in [1.82, 2.24) is 4.90 Å². The maximum atomic E-state index is 13.1. The zero-order valence-electron chi connectivity index (χ0n) is 21.1. The van der Waals surface area contributed by atoms with Crippen LogP contribution in [0.3, 0.4) is 0 Å². The largest absolute Gasteiger partial charge is 0.462 e. The molecule has 1 amide bonds. The van der Waals surface area contributed by atoms with Crippen LogP contribution in [0.5, 0.6) is 0 Å². The van der Waals surface area contributed by atoms with Crippen molar-refractivity contribution in [3.63, 3.8) is 0 Å². The average Bonchev–Trinajstić information content (AvgIpc) is 3.09. The fourth-order valence-electron chi connectivity index (χ4n) is 4.21. The summed E-state index contributed by atoms with van der Waals surface area (Å²) >= 11 is 1.53. The molecule has 180 valence electrons. The molecule has 5 nitrogen and oxygen atoms in total. The molecule has 1 aliphatic rings. The Bertz CT molecular complexity index is 988. The van der Waals surface area contributed by atoms with Crippen LogP contribution < -0.4 is 5.32 Å². The number of likely N-dealkylation sites (N-methyl/N-ethyl adjacent to an activating group) is 1. The molecule has 3 rings (SSSR count). The zero-order chi connectivity index (χ0) is 24.3. The summed E-state index contributed by atoms with van der Waals surface area (Å²) in [4.78, 5) is 29.1. The van der Waals surface area contributed by atoms with Crippen LogP contribution in [0.1, 0.15) is 79.9 Å². The number of hydrogen-bond acceptors (Lipinski definition) is 5. The Morgan fingerprint density at radius 3 is 2.52 bits per heavy atom. The molecular formula is C27H38N2O3S. The topological polar surface area (TPSA) is 58.6 Å². The lowest BCUT2D eigenvalue weighted by Gasteiger charge is -2.24. The van der Waals surface area contributed by atoms with E-state index in [0.717, 1.165) is 30.4 Å². The van der Waals surface area contributed by atoms with Crippen molar-refractivity contribution in [1.29, 1.82) is 0 Å². The third kappa shape index (κ3) is 6.04. The Hall–Kier alpha value is -2.18. The number of carbonyl (C=O) groups is 2. The van der Waals surface area contributed by atoms with E-state index >= 15 is 0 Å². The summed E-state index contributed by atoms with van der Waals surface area (Å²) in [6.45, 7) is 13.5. The highest BCUT2D eigenvalue weighted by molar-refractivity contribution is 7.17. The highest BCUT2D eigenvalue weighted by atomic mass is 32.1. The third-order valence-electron chi connectivity index (χ3n) is 6.52.